The first-order valence-electron chi connectivity index (χ1n) is 6.96. The van der Waals surface area contributed by atoms with Gasteiger partial charge in [-0.15, -0.1) is 11.3 Å². The Hall–Kier alpha value is -2.39. The standard InChI is InChI=1S/C15H13FN2O4S2/c1-2-22-15(19)18-6-5-10-8-11(16)9-12(14(10)18)17-24(20,21)13-4-3-7-23-13/h3-9,17H,2H2,1H3. The Morgan fingerprint density at radius 3 is 2.83 bits per heavy atom. The molecule has 1 N–H and O–H groups in total. The lowest BCUT2D eigenvalue weighted by Crippen LogP contribution is -2.16. The van der Waals surface area contributed by atoms with E-state index in [1.54, 1.807) is 18.4 Å². The van der Waals surface area contributed by atoms with Crippen molar-refractivity contribution in [2.45, 2.75) is 11.1 Å². The summed E-state index contributed by atoms with van der Waals surface area (Å²) in [5.74, 6) is -0.618. The third kappa shape index (κ3) is 3.00. The number of fused-ring (bicyclic) bond motifs is 1. The van der Waals surface area contributed by atoms with Crippen molar-refractivity contribution in [1.82, 2.24) is 4.57 Å². The first-order chi connectivity index (χ1) is 11.4. The number of sulfonamides is 1. The summed E-state index contributed by atoms with van der Waals surface area (Å²) >= 11 is 1.04. The minimum atomic E-state index is -3.87. The van der Waals surface area contributed by atoms with Crippen molar-refractivity contribution in [2.24, 2.45) is 0 Å². The molecule has 0 aliphatic heterocycles. The number of benzene rings is 1. The number of thiophene rings is 1. The molecule has 0 aliphatic rings. The minimum Gasteiger partial charge on any atom is -0.449 e. The quantitative estimate of drug-likeness (QED) is 0.763. The SMILES string of the molecule is CCOC(=O)n1ccc2cc(F)cc(NS(=O)(=O)c3cccs3)c21. The van der Waals surface area contributed by atoms with Crippen molar-refractivity contribution in [1.29, 1.82) is 0 Å². The molecule has 0 radical (unpaired) electrons. The highest BCUT2D eigenvalue weighted by molar-refractivity contribution is 7.94. The largest absolute Gasteiger partial charge is 0.449 e. The van der Waals surface area contributed by atoms with E-state index in [9.17, 15) is 17.6 Å². The fourth-order valence-electron chi connectivity index (χ4n) is 2.28. The van der Waals surface area contributed by atoms with Crippen LogP contribution in [0.15, 0.2) is 46.1 Å². The number of nitrogens with zero attached hydrogens (tertiary/aromatic N) is 1. The molecule has 0 bridgehead atoms. The van der Waals surface area contributed by atoms with E-state index in [1.165, 1.54) is 24.4 Å². The second-order valence-corrected chi connectivity index (χ2v) is 7.67. The Bertz CT molecular complexity index is 994. The molecule has 0 fully saturated rings. The van der Waals surface area contributed by atoms with Crippen molar-refractivity contribution >= 4 is 44.0 Å². The molecule has 0 saturated carbocycles. The molecule has 0 spiro atoms. The van der Waals surface area contributed by atoms with Gasteiger partial charge in [0.25, 0.3) is 10.0 Å². The maximum Gasteiger partial charge on any atom is 0.418 e. The van der Waals surface area contributed by atoms with Gasteiger partial charge in [0.1, 0.15) is 10.0 Å². The number of hydrogen-bond acceptors (Lipinski definition) is 5. The van der Waals surface area contributed by atoms with Crippen LogP contribution in [-0.4, -0.2) is 25.7 Å². The van der Waals surface area contributed by atoms with Gasteiger partial charge < -0.3 is 4.74 Å². The molecule has 126 valence electrons. The van der Waals surface area contributed by atoms with Crippen LogP contribution in [0.2, 0.25) is 0 Å². The Labute approximate surface area is 141 Å². The van der Waals surface area contributed by atoms with E-state index >= 15 is 0 Å². The third-order valence-electron chi connectivity index (χ3n) is 3.22. The summed E-state index contributed by atoms with van der Waals surface area (Å²) in [5, 5.41) is 2.00. The van der Waals surface area contributed by atoms with Gasteiger partial charge in [-0.25, -0.2) is 17.6 Å². The van der Waals surface area contributed by atoms with E-state index < -0.39 is 21.9 Å². The molecule has 1 aromatic carbocycles. The van der Waals surface area contributed by atoms with Gasteiger partial charge >= 0.3 is 6.09 Å². The molecule has 9 heteroatoms. The van der Waals surface area contributed by atoms with E-state index in [0.29, 0.717) is 5.39 Å². The number of halogens is 1. The average molecular weight is 368 g/mol. The van der Waals surface area contributed by atoms with Crippen molar-refractivity contribution in [3.63, 3.8) is 0 Å². The predicted octanol–water partition coefficient (Wildman–Crippen LogP) is 3.65. The number of nitrogens with one attached hydrogen (secondary N) is 1. The summed E-state index contributed by atoms with van der Waals surface area (Å²) in [5.41, 5.74) is 0.200. The topological polar surface area (TPSA) is 77.4 Å². The smallest absolute Gasteiger partial charge is 0.418 e. The molecule has 6 nitrogen and oxygen atoms in total. The second kappa shape index (κ2) is 6.25. The first kappa shape index (κ1) is 16.5. The summed E-state index contributed by atoms with van der Waals surface area (Å²) < 4.78 is 47.1. The van der Waals surface area contributed by atoms with Gasteiger partial charge in [-0.3, -0.25) is 9.29 Å². The number of hydrogen-bond donors (Lipinski definition) is 1. The van der Waals surface area contributed by atoms with Gasteiger partial charge in [0.2, 0.25) is 0 Å². The van der Waals surface area contributed by atoms with Crippen LogP contribution in [0.25, 0.3) is 10.9 Å². The van der Waals surface area contributed by atoms with Crippen LogP contribution >= 0.6 is 11.3 Å². The molecule has 0 aliphatic carbocycles. The number of anilines is 1. The predicted molar refractivity (Wildman–Crippen MR) is 89.4 cm³/mol. The fourth-order valence-corrected chi connectivity index (χ4v) is 4.33. The molecule has 2 aromatic heterocycles. The number of carbonyl (C=O) groups excluding carboxylic acids is 1. The van der Waals surface area contributed by atoms with E-state index in [4.69, 9.17) is 4.74 Å². The summed E-state index contributed by atoms with van der Waals surface area (Å²) in [4.78, 5) is 12.0. The summed E-state index contributed by atoms with van der Waals surface area (Å²) in [6.45, 7) is 1.82. The highest BCUT2D eigenvalue weighted by atomic mass is 32.2. The van der Waals surface area contributed by atoms with E-state index in [2.05, 4.69) is 4.72 Å². The first-order valence-corrected chi connectivity index (χ1v) is 9.32. The van der Waals surface area contributed by atoms with E-state index in [0.717, 1.165) is 22.0 Å². The second-order valence-electron chi connectivity index (χ2n) is 4.81. The summed E-state index contributed by atoms with van der Waals surface area (Å²) in [6, 6.07) is 6.80. The number of aromatic nitrogens is 1. The van der Waals surface area contributed by atoms with Crippen LogP contribution < -0.4 is 4.72 Å². The maximum absolute atomic E-state index is 13.8. The van der Waals surface area contributed by atoms with Crippen molar-refractivity contribution < 1.29 is 22.3 Å². The Morgan fingerprint density at radius 2 is 2.17 bits per heavy atom. The highest BCUT2D eigenvalue weighted by Gasteiger charge is 2.20. The fraction of sp³-hybridized carbons (Fsp3) is 0.133. The van der Waals surface area contributed by atoms with Gasteiger partial charge in [0.15, 0.2) is 0 Å². The zero-order valence-corrected chi connectivity index (χ0v) is 14.2. The van der Waals surface area contributed by atoms with Crippen LogP contribution in [0.4, 0.5) is 14.9 Å². The maximum atomic E-state index is 13.8. The zero-order chi connectivity index (χ0) is 17.3. The zero-order valence-electron chi connectivity index (χ0n) is 12.5. The van der Waals surface area contributed by atoms with E-state index in [-0.39, 0.29) is 22.0 Å². The molecule has 0 unspecified atom stereocenters. The van der Waals surface area contributed by atoms with Crippen molar-refractivity contribution in [2.75, 3.05) is 11.3 Å². The average Bonchev–Trinajstić information content (AvgIpc) is 3.16. The highest BCUT2D eigenvalue weighted by Crippen LogP contribution is 2.29. The van der Waals surface area contributed by atoms with Crippen molar-refractivity contribution in [3.05, 3.63) is 47.7 Å². The molecule has 0 amide bonds. The summed E-state index contributed by atoms with van der Waals surface area (Å²) in [6.07, 6.45) is 0.737. The molecule has 0 saturated heterocycles. The van der Waals surface area contributed by atoms with Crippen molar-refractivity contribution in [3.8, 4) is 0 Å². The molecular weight excluding hydrogens is 355 g/mol. The molecule has 0 atom stereocenters. The Kier molecular flexibility index (Phi) is 4.29. The number of carbonyl (C=O) groups is 1. The lowest BCUT2D eigenvalue weighted by Gasteiger charge is -2.11. The molecule has 3 aromatic rings. The number of rotatable bonds is 4. The lowest BCUT2D eigenvalue weighted by molar-refractivity contribution is 0.155. The van der Waals surface area contributed by atoms with Crippen LogP contribution in [-0.2, 0) is 14.8 Å². The van der Waals surface area contributed by atoms with Crippen LogP contribution in [0.1, 0.15) is 6.92 Å². The monoisotopic (exact) mass is 368 g/mol. The molecule has 24 heavy (non-hydrogen) atoms. The normalized spacial score (nSPS) is 11.6. The van der Waals surface area contributed by atoms with Gasteiger partial charge in [-0.2, -0.15) is 0 Å². The molecule has 2 heterocycles. The van der Waals surface area contributed by atoms with E-state index in [1.807, 2.05) is 0 Å². The molecular formula is C15H13FN2O4S2. The summed E-state index contributed by atoms with van der Waals surface area (Å²) in [7, 11) is -3.87. The lowest BCUT2D eigenvalue weighted by atomic mass is 10.2. The van der Waals surface area contributed by atoms with Gasteiger partial charge in [-0.1, -0.05) is 6.07 Å². The number of ether oxygens (including phenoxy) is 1. The van der Waals surface area contributed by atoms with Crippen LogP contribution in [0.5, 0.6) is 0 Å². The van der Waals surface area contributed by atoms with Crippen LogP contribution in [0, 0.1) is 5.82 Å². The molecule has 3 rings (SSSR count). The van der Waals surface area contributed by atoms with Gasteiger partial charge in [0.05, 0.1) is 17.8 Å². The minimum absolute atomic E-state index is 0.0311. The van der Waals surface area contributed by atoms with Gasteiger partial charge in [0, 0.05) is 17.6 Å². The third-order valence-corrected chi connectivity index (χ3v) is 5.98. The van der Waals surface area contributed by atoms with Crippen LogP contribution in [0.3, 0.4) is 0 Å². The van der Waals surface area contributed by atoms with Gasteiger partial charge in [-0.05, 0) is 30.5 Å². The Balaban J connectivity index is 2.13. The Morgan fingerprint density at radius 1 is 1.38 bits per heavy atom.